The minimum absolute atomic E-state index is 0.809. The highest BCUT2D eigenvalue weighted by molar-refractivity contribution is 6.14. The summed E-state index contributed by atoms with van der Waals surface area (Å²) in [4.78, 5) is 0. The van der Waals surface area contributed by atoms with Crippen LogP contribution >= 0.6 is 0 Å². The van der Waals surface area contributed by atoms with Crippen LogP contribution in [-0.4, -0.2) is 0 Å². The molecule has 0 aliphatic heterocycles. The number of hydrogen-bond acceptors (Lipinski definition) is 2. The van der Waals surface area contributed by atoms with Gasteiger partial charge in [0.05, 0.1) is 0 Å². The quantitative estimate of drug-likeness (QED) is 0.270. The van der Waals surface area contributed by atoms with Crippen molar-refractivity contribution < 1.29 is 9.47 Å². The highest BCUT2D eigenvalue weighted by Crippen LogP contribution is 2.46. The molecule has 2 nitrogen and oxygen atoms in total. The Morgan fingerprint density at radius 3 is 1.16 bits per heavy atom. The maximum atomic E-state index is 6.50. The molecule has 0 aliphatic carbocycles. The molecule has 0 N–H and O–H groups in total. The zero-order valence-corrected chi connectivity index (χ0v) is 17.4. The van der Waals surface area contributed by atoms with Crippen LogP contribution in [-0.2, 0) is 0 Å². The lowest BCUT2D eigenvalue weighted by Crippen LogP contribution is -1.93. The molecular formula is C30H20O2. The molecule has 0 radical (unpaired) electrons. The summed E-state index contributed by atoms with van der Waals surface area (Å²) in [6.45, 7) is 0. The minimum Gasteiger partial charge on any atom is -0.456 e. The van der Waals surface area contributed by atoms with E-state index in [1.165, 1.54) is 10.8 Å². The van der Waals surface area contributed by atoms with E-state index in [2.05, 4.69) is 48.5 Å². The molecule has 152 valence electrons. The molecule has 32 heavy (non-hydrogen) atoms. The van der Waals surface area contributed by atoms with Crippen LogP contribution in [0.3, 0.4) is 0 Å². The molecule has 6 aromatic carbocycles. The van der Waals surface area contributed by atoms with E-state index < -0.39 is 0 Å². The van der Waals surface area contributed by atoms with Gasteiger partial charge in [-0.15, -0.1) is 0 Å². The first-order valence-electron chi connectivity index (χ1n) is 10.7. The third kappa shape index (κ3) is 3.23. The summed E-state index contributed by atoms with van der Waals surface area (Å²) in [5.41, 5.74) is 0. The van der Waals surface area contributed by atoms with Crippen molar-refractivity contribution in [2.24, 2.45) is 0 Å². The molecule has 2 heteroatoms. The van der Waals surface area contributed by atoms with Gasteiger partial charge in [-0.25, -0.2) is 0 Å². The van der Waals surface area contributed by atoms with Crippen LogP contribution in [0.2, 0.25) is 0 Å². The Morgan fingerprint density at radius 2 is 0.719 bits per heavy atom. The van der Waals surface area contributed by atoms with E-state index in [0.717, 1.165) is 44.5 Å². The van der Waals surface area contributed by atoms with Crippen molar-refractivity contribution >= 4 is 32.3 Å². The first kappa shape index (κ1) is 18.5. The largest absolute Gasteiger partial charge is 0.456 e. The van der Waals surface area contributed by atoms with E-state index in [-0.39, 0.29) is 0 Å². The highest BCUT2D eigenvalue weighted by atomic mass is 16.5. The molecule has 0 aliphatic rings. The lowest BCUT2D eigenvalue weighted by atomic mass is 9.97. The number of ether oxygens (including phenoxy) is 2. The predicted molar refractivity (Wildman–Crippen MR) is 132 cm³/mol. The Hall–Kier alpha value is -4.30. The summed E-state index contributed by atoms with van der Waals surface area (Å²) in [5, 5.41) is 6.42. The second-order valence-corrected chi connectivity index (χ2v) is 7.78. The summed E-state index contributed by atoms with van der Waals surface area (Å²) in [6, 6.07) is 40.9. The zero-order valence-electron chi connectivity index (χ0n) is 17.4. The van der Waals surface area contributed by atoms with Crippen molar-refractivity contribution in [3.8, 4) is 23.0 Å². The van der Waals surface area contributed by atoms with Crippen LogP contribution in [0.1, 0.15) is 0 Å². The molecule has 6 rings (SSSR count). The van der Waals surface area contributed by atoms with Crippen LogP contribution < -0.4 is 9.47 Å². The Morgan fingerprint density at radius 1 is 0.344 bits per heavy atom. The average molecular weight is 412 g/mol. The molecule has 6 aromatic rings. The van der Waals surface area contributed by atoms with Crippen molar-refractivity contribution in [2.75, 3.05) is 0 Å². The summed E-state index contributed by atoms with van der Waals surface area (Å²) >= 11 is 0. The molecule has 0 saturated carbocycles. The summed E-state index contributed by atoms with van der Waals surface area (Å²) < 4.78 is 13.0. The predicted octanol–water partition coefficient (Wildman–Crippen LogP) is 8.73. The Labute approximate surface area is 186 Å². The zero-order chi connectivity index (χ0) is 21.3. The Kier molecular flexibility index (Phi) is 4.47. The average Bonchev–Trinajstić information content (AvgIpc) is 2.86. The van der Waals surface area contributed by atoms with Crippen LogP contribution in [0.4, 0.5) is 0 Å². The monoisotopic (exact) mass is 412 g/mol. The fourth-order valence-corrected chi connectivity index (χ4v) is 4.22. The second kappa shape index (κ2) is 7.75. The van der Waals surface area contributed by atoms with E-state index in [1.54, 1.807) is 0 Å². The number of rotatable bonds is 4. The van der Waals surface area contributed by atoms with Crippen molar-refractivity contribution in [3.05, 3.63) is 121 Å². The van der Waals surface area contributed by atoms with Gasteiger partial charge in [0.1, 0.15) is 23.0 Å². The van der Waals surface area contributed by atoms with E-state index in [9.17, 15) is 0 Å². The second-order valence-electron chi connectivity index (χ2n) is 7.78. The van der Waals surface area contributed by atoms with Crippen molar-refractivity contribution in [3.63, 3.8) is 0 Å². The van der Waals surface area contributed by atoms with Gasteiger partial charge in [0.25, 0.3) is 0 Å². The van der Waals surface area contributed by atoms with E-state index in [4.69, 9.17) is 9.47 Å². The number of fused-ring (bicyclic) bond motifs is 3. The lowest BCUT2D eigenvalue weighted by molar-refractivity contribution is 0.486. The van der Waals surface area contributed by atoms with E-state index in [0.29, 0.717) is 0 Å². The van der Waals surface area contributed by atoms with Gasteiger partial charge in [-0.3, -0.25) is 0 Å². The minimum atomic E-state index is 0.809. The first-order valence-corrected chi connectivity index (χ1v) is 10.7. The van der Waals surface area contributed by atoms with Crippen LogP contribution in [0.5, 0.6) is 23.0 Å². The number of hydrogen-bond donors (Lipinski definition) is 0. The molecule has 0 bridgehead atoms. The maximum absolute atomic E-state index is 6.50. The highest BCUT2D eigenvalue weighted by Gasteiger charge is 2.18. The molecule has 0 saturated heterocycles. The first-order chi connectivity index (χ1) is 15.9. The Balaban J connectivity index is 1.71. The van der Waals surface area contributed by atoms with Gasteiger partial charge < -0.3 is 9.47 Å². The van der Waals surface area contributed by atoms with Gasteiger partial charge in [-0.1, -0.05) is 84.9 Å². The van der Waals surface area contributed by atoms with Gasteiger partial charge in [0, 0.05) is 21.5 Å². The third-order valence-corrected chi connectivity index (χ3v) is 5.72. The molecule has 0 aromatic heterocycles. The molecule has 0 heterocycles. The van der Waals surface area contributed by atoms with Gasteiger partial charge in [0.2, 0.25) is 0 Å². The number of benzene rings is 6. The van der Waals surface area contributed by atoms with Gasteiger partial charge in [-0.2, -0.15) is 0 Å². The van der Waals surface area contributed by atoms with E-state index in [1.807, 2.05) is 72.8 Å². The van der Waals surface area contributed by atoms with Gasteiger partial charge in [0.15, 0.2) is 0 Å². The molecule has 0 fully saturated rings. The maximum Gasteiger partial charge on any atom is 0.143 e. The fraction of sp³-hybridized carbons (Fsp3) is 0. The van der Waals surface area contributed by atoms with Gasteiger partial charge >= 0.3 is 0 Å². The third-order valence-electron chi connectivity index (χ3n) is 5.72. The molecular weight excluding hydrogens is 392 g/mol. The SMILES string of the molecule is c1ccc(Oc2c3ccccc3c(Oc3ccccc3)c3cc4ccccc4cc23)cc1. The molecule has 0 unspecified atom stereocenters. The normalized spacial score (nSPS) is 11.1. The summed E-state index contributed by atoms with van der Waals surface area (Å²) in [6.07, 6.45) is 0. The molecule has 0 amide bonds. The summed E-state index contributed by atoms with van der Waals surface area (Å²) in [7, 11) is 0. The van der Waals surface area contributed by atoms with Crippen LogP contribution in [0.25, 0.3) is 32.3 Å². The fourth-order valence-electron chi connectivity index (χ4n) is 4.22. The van der Waals surface area contributed by atoms with Gasteiger partial charge in [-0.05, 0) is 47.2 Å². The van der Waals surface area contributed by atoms with Crippen LogP contribution in [0, 0.1) is 0 Å². The van der Waals surface area contributed by atoms with E-state index >= 15 is 0 Å². The van der Waals surface area contributed by atoms with Crippen molar-refractivity contribution in [1.82, 2.24) is 0 Å². The van der Waals surface area contributed by atoms with Crippen LogP contribution in [0.15, 0.2) is 121 Å². The standard InChI is InChI=1S/C30H20O2/c1-3-13-23(14-4-1)31-29-25-17-9-10-18-26(25)30(32-24-15-5-2-6-16-24)28-20-22-12-8-7-11-21(22)19-27(28)29/h1-20H. The van der Waals surface area contributed by atoms with Crippen molar-refractivity contribution in [2.45, 2.75) is 0 Å². The number of para-hydroxylation sites is 2. The molecule has 0 atom stereocenters. The summed E-state index contributed by atoms with van der Waals surface area (Å²) in [5.74, 6) is 3.30. The lowest BCUT2D eigenvalue weighted by Gasteiger charge is -2.18. The van der Waals surface area contributed by atoms with Crippen molar-refractivity contribution in [1.29, 1.82) is 0 Å². The smallest absolute Gasteiger partial charge is 0.143 e. The Bertz CT molecular complexity index is 1440. The molecule has 0 spiro atoms. The topological polar surface area (TPSA) is 18.5 Å².